The molecule has 1 unspecified atom stereocenters. The lowest BCUT2D eigenvalue weighted by atomic mass is 10.2. The summed E-state index contributed by atoms with van der Waals surface area (Å²) < 4.78 is 11.0. The second-order valence-corrected chi connectivity index (χ2v) is 4.63. The van der Waals surface area contributed by atoms with Crippen LogP contribution in [-0.2, 0) is 6.54 Å². The Balaban J connectivity index is 2.66. The largest absolute Gasteiger partial charge is 0.493 e. The fourth-order valence-corrected chi connectivity index (χ4v) is 1.60. The minimum atomic E-state index is -0.338. The number of methoxy groups -OCH3 is 1. The molecular formula is C14H23NO3. The molecule has 1 aromatic carbocycles. The Morgan fingerprint density at radius 2 is 1.94 bits per heavy atom. The summed E-state index contributed by atoms with van der Waals surface area (Å²) in [5.74, 6) is 1.49. The number of rotatable bonds is 7. The summed E-state index contributed by atoms with van der Waals surface area (Å²) in [6.45, 7) is 7.00. The molecule has 1 aromatic rings. The van der Waals surface area contributed by atoms with Gasteiger partial charge in [-0.1, -0.05) is 6.07 Å². The van der Waals surface area contributed by atoms with Crippen LogP contribution < -0.4 is 14.8 Å². The fraction of sp³-hybridized carbons (Fsp3) is 0.571. The highest BCUT2D eigenvalue weighted by molar-refractivity contribution is 5.43. The molecule has 102 valence electrons. The van der Waals surface area contributed by atoms with E-state index in [4.69, 9.17) is 14.6 Å². The molecule has 4 nitrogen and oxygen atoms in total. The summed E-state index contributed by atoms with van der Waals surface area (Å²) >= 11 is 0. The molecule has 0 bridgehead atoms. The first-order valence-electron chi connectivity index (χ1n) is 6.25. The van der Waals surface area contributed by atoms with E-state index in [1.54, 1.807) is 14.0 Å². The lowest BCUT2D eigenvalue weighted by Gasteiger charge is -2.15. The molecule has 0 radical (unpaired) electrons. The number of hydrogen-bond donors (Lipinski definition) is 2. The highest BCUT2D eigenvalue weighted by atomic mass is 16.5. The van der Waals surface area contributed by atoms with E-state index in [1.165, 1.54) is 0 Å². The Morgan fingerprint density at radius 3 is 2.50 bits per heavy atom. The van der Waals surface area contributed by atoms with Crippen molar-refractivity contribution >= 4 is 0 Å². The standard InChI is InChI=1S/C14H23NO3/c1-10(2)18-13-6-5-12(7-14(13)17-4)9-15-8-11(3)16/h5-7,10-11,15-16H,8-9H2,1-4H3. The van der Waals surface area contributed by atoms with Gasteiger partial charge in [-0.15, -0.1) is 0 Å². The van der Waals surface area contributed by atoms with Gasteiger partial charge < -0.3 is 19.9 Å². The SMILES string of the molecule is COc1cc(CNCC(C)O)ccc1OC(C)C. The lowest BCUT2D eigenvalue weighted by molar-refractivity contribution is 0.191. The average Bonchev–Trinajstić information content (AvgIpc) is 2.29. The smallest absolute Gasteiger partial charge is 0.161 e. The molecule has 0 saturated carbocycles. The van der Waals surface area contributed by atoms with Gasteiger partial charge in [-0.05, 0) is 38.5 Å². The molecule has 1 rings (SSSR count). The minimum Gasteiger partial charge on any atom is -0.493 e. The van der Waals surface area contributed by atoms with Crippen LogP contribution in [0.1, 0.15) is 26.3 Å². The molecular weight excluding hydrogens is 230 g/mol. The first-order valence-corrected chi connectivity index (χ1v) is 6.25. The van der Waals surface area contributed by atoms with Crippen LogP contribution in [0.15, 0.2) is 18.2 Å². The van der Waals surface area contributed by atoms with E-state index in [9.17, 15) is 0 Å². The molecule has 0 saturated heterocycles. The van der Waals surface area contributed by atoms with Gasteiger partial charge in [0.25, 0.3) is 0 Å². The van der Waals surface area contributed by atoms with Gasteiger partial charge in [0.05, 0.1) is 19.3 Å². The van der Waals surface area contributed by atoms with Crippen LogP contribution in [0.3, 0.4) is 0 Å². The molecule has 0 aromatic heterocycles. The monoisotopic (exact) mass is 253 g/mol. The first-order chi connectivity index (χ1) is 8.52. The maximum absolute atomic E-state index is 9.17. The molecule has 0 amide bonds. The van der Waals surface area contributed by atoms with Crippen LogP contribution >= 0.6 is 0 Å². The number of hydrogen-bond acceptors (Lipinski definition) is 4. The molecule has 4 heteroatoms. The van der Waals surface area contributed by atoms with E-state index in [1.807, 2.05) is 32.0 Å². The molecule has 2 N–H and O–H groups in total. The number of aliphatic hydroxyl groups excluding tert-OH is 1. The Labute approximate surface area is 109 Å². The maximum Gasteiger partial charge on any atom is 0.161 e. The summed E-state index contributed by atoms with van der Waals surface area (Å²) in [4.78, 5) is 0. The summed E-state index contributed by atoms with van der Waals surface area (Å²) in [6.07, 6.45) is -0.214. The van der Waals surface area contributed by atoms with E-state index in [0.29, 0.717) is 13.1 Å². The van der Waals surface area contributed by atoms with E-state index in [2.05, 4.69) is 5.32 Å². The van der Waals surface area contributed by atoms with Crippen molar-refractivity contribution in [2.24, 2.45) is 0 Å². The van der Waals surface area contributed by atoms with Crippen molar-refractivity contribution in [2.45, 2.75) is 39.5 Å². The molecule has 0 spiro atoms. The van der Waals surface area contributed by atoms with Gasteiger partial charge in [-0.3, -0.25) is 0 Å². The molecule has 0 heterocycles. The maximum atomic E-state index is 9.17. The summed E-state index contributed by atoms with van der Waals surface area (Å²) in [7, 11) is 1.63. The van der Waals surface area contributed by atoms with Crippen LogP contribution in [0, 0.1) is 0 Å². The predicted molar refractivity (Wildman–Crippen MR) is 72.1 cm³/mol. The number of benzene rings is 1. The number of nitrogens with one attached hydrogen (secondary N) is 1. The third-order valence-electron chi connectivity index (χ3n) is 2.36. The van der Waals surface area contributed by atoms with Crippen LogP contribution in [0.2, 0.25) is 0 Å². The minimum absolute atomic E-state index is 0.123. The highest BCUT2D eigenvalue weighted by Crippen LogP contribution is 2.28. The molecule has 0 aliphatic heterocycles. The quantitative estimate of drug-likeness (QED) is 0.780. The van der Waals surface area contributed by atoms with Crippen LogP contribution in [0.5, 0.6) is 11.5 Å². The van der Waals surface area contributed by atoms with Crippen molar-refractivity contribution in [2.75, 3.05) is 13.7 Å². The molecule has 1 atom stereocenters. The molecule has 18 heavy (non-hydrogen) atoms. The van der Waals surface area contributed by atoms with Crippen LogP contribution in [0.4, 0.5) is 0 Å². The number of ether oxygens (including phenoxy) is 2. The van der Waals surface area contributed by atoms with Gasteiger partial charge in [0.2, 0.25) is 0 Å². The topological polar surface area (TPSA) is 50.7 Å². The summed E-state index contributed by atoms with van der Waals surface area (Å²) in [5.41, 5.74) is 1.10. The predicted octanol–water partition coefficient (Wildman–Crippen LogP) is 1.95. The third kappa shape index (κ3) is 4.94. The van der Waals surface area contributed by atoms with Crippen molar-refractivity contribution in [3.63, 3.8) is 0 Å². The van der Waals surface area contributed by atoms with Gasteiger partial charge >= 0.3 is 0 Å². The molecule has 0 aliphatic rings. The normalized spacial score (nSPS) is 12.6. The summed E-state index contributed by atoms with van der Waals surface area (Å²) in [5, 5.41) is 12.3. The third-order valence-corrected chi connectivity index (χ3v) is 2.36. The van der Waals surface area contributed by atoms with Crippen LogP contribution in [0.25, 0.3) is 0 Å². The zero-order valence-electron chi connectivity index (χ0n) is 11.6. The van der Waals surface area contributed by atoms with E-state index in [0.717, 1.165) is 17.1 Å². The highest BCUT2D eigenvalue weighted by Gasteiger charge is 2.07. The Bertz CT molecular complexity index is 364. The fourth-order valence-electron chi connectivity index (χ4n) is 1.60. The van der Waals surface area contributed by atoms with E-state index < -0.39 is 0 Å². The van der Waals surface area contributed by atoms with E-state index >= 15 is 0 Å². The van der Waals surface area contributed by atoms with Crippen molar-refractivity contribution < 1.29 is 14.6 Å². The summed E-state index contributed by atoms with van der Waals surface area (Å²) in [6, 6.07) is 5.86. The second kappa shape index (κ2) is 7.24. The van der Waals surface area contributed by atoms with Gasteiger partial charge in [0, 0.05) is 13.1 Å². The first kappa shape index (κ1) is 14.8. The van der Waals surface area contributed by atoms with Crippen molar-refractivity contribution in [3.8, 4) is 11.5 Å². The number of aliphatic hydroxyl groups is 1. The van der Waals surface area contributed by atoms with Gasteiger partial charge in [0.1, 0.15) is 0 Å². The van der Waals surface area contributed by atoms with Crippen molar-refractivity contribution in [1.29, 1.82) is 0 Å². The van der Waals surface area contributed by atoms with Gasteiger partial charge in [0.15, 0.2) is 11.5 Å². The van der Waals surface area contributed by atoms with Crippen molar-refractivity contribution in [1.82, 2.24) is 5.32 Å². The van der Waals surface area contributed by atoms with Crippen molar-refractivity contribution in [3.05, 3.63) is 23.8 Å². The molecule has 0 fully saturated rings. The van der Waals surface area contributed by atoms with Gasteiger partial charge in [-0.2, -0.15) is 0 Å². The molecule has 0 aliphatic carbocycles. The lowest BCUT2D eigenvalue weighted by Crippen LogP contribution is -2.23. The Hall–Kier alpha value is -1.26. The van der Waals surface area contributed by atoms with Crippen LogP contribution in [-0.4, -0.2) is 31.0 Å². The zero-order valence-corrected chi connectivity index (χ0v) is 11.6. The second-order valence-electron chi connectivity index (χ2n) is 4.63. The van der Waals surface area contributed by atoms with E-state index in [-0.39, 0.29) is 12.2 Å². The van der Waals surface area contributed by atoms with Gasteiger partial charge in [-0.25, -0.2) is 0 Å². The zero-order chi connectivity index (χ0) is 13.5. The Morgan fingerprint density at radius 1 is 1.22 bits per heavy atom. The average molecular weight is 253 g/mol. The Kier molecular flexibility index (Phi) is 5.95.